The van der Waals surface area contributed by atoms with Crippen LogP contribution in [-0.2, 0) is 0 Å². The number of hydrogen-bond acceptors (Lipinski definition) is 2. The average Bonchev–Trinajstić information content (AvgIpc) is 2.57. The summed E-state index contributed by atoms with van der Waals surface area (Å²) in [4.78, 5) is 7.19. The van der Waals surface area contributed by atoms with Crippen LogP contribution in [0.25, 0.3) is 11.4 Å². The normalized spacial score (nSPS) is 11.6. The van der Waals surface area contributed by atoms with Crippen LogP contribution < -0.4 is 4.74 Å². The molecule has 0 radical (unpaired) electrons. The maximum Gasteiger partial charge on any atom is 0.573 e. The Morgan fingerprint density at radius 1 is 1.22 bits per heavy atom. The van der Waals surface area contributed by atoms with Gasteiger partial charge < -0.3 is 9.72 Å². The first-order chi connectivity index (χ1) is 8.35. The van der Waals surface area contributed by atoms with Crippen molar-refractivity contribution in [2.75, 3.05) is 0 Å². The van der Waals surface area contributed by atoms with Crippen LogP contribution >= 0.6 is 45.2 Å². The fourth-order valence-electron chi connectivity index (χ4n) is 1.31. The second-order valence-corrected chi connectivity index (χ2v) is 5.37. The van der Waals surface area contributed by atoms with Crippen LogP contribution in [0.2, 0.25) is 0 Å². The highest BCUT2D eigenvalue weighted by Gasteiger charge is 2.31. The molecule has 18 heavy (non-hydrogen) atoms. The Bertz CT molecular complexity index is 549. The summed E-state index contributed by atoms with van der Waals surface area (Å²) >= 11 is 4.11. The molecule has 0 aliphatic carbocycles. The summed E-state index contributed by atoms with van der Waals surface area (Å²) < 4.78 is 41.7. The lowest BCUT2D eigenvalue weighted by molar-refractivity contribution is -0.274. The molecular weight excluding hydrogens is 475 g/mol. The molecular formula is C10H5F3I2N2O. The molecule has 0 aliphatic rings. The summed E-state index contributed by atoms with van der Waals surface area (Å²) in [6.07, 6.45) is -4.69. The SMILES string of the molecule is FC(F)(F)Oc1cccc(-c2nc(I)c(I)[nH]2)c1. The number of halogens is 5. The van der Waals surface area contributed by atoms with E-state index in [2.05, 4.69) is 37.3 Å². The van der Waals surface area contributed by atoms with Crippen molar-refractivity contribution >= 4 is 45.2 Å². The summed E-state index contributed by atoms with van der Waals surface area (Å²) in [7, 11) is 0. The highest BCUT2D eigenvalue weighted by atomic mass is 127. The van der Waals surface area contributed by atoms with Gasteiger partial charge in [-0.15, -0.1) is 13.2 Å². The largest absolute Gasteiger partial charge is 0.573 e. The first-order valence-corrected chi connectivity index (χ1v) is 6.78. The van der Waals surface area contributed by atoms with Crippen molar-refractivity contribution in [3.63, 3.8) is 0 Å². The van der Waals surface area contributed by atoms with Gasteiger partial charge in [-0.05, 0) is 57.3 Å². The number of ether oxygens (including phenoxy) is 1. The van der Waals surface area contributed by atoms with Gasteiger partial charge in [0.1, 0.15) is 19.0 Å². The zero-order valence-corrected chi connectivity index (χ0v) is 12.9. The third-order valence-corrected chi connectivity index (χ3v) is 4.55. The minimum absolute atomic E-state index is 0.263. The number of benzene rings is 1. The van der Waals surface area contributed by atoms with Gasteiger partial charge in [0.05, 0.1) is 0 Å². The predicted molar refractivity (Wildman–Crippen MR) is 76.1 cm³/mol. The van der Waals surface area contributed by atoms with Gasteiger partial charge in [0.2, 0.25) is 0 Å². The number of nitrogens with zero attached hydrogens (tertiary/aromatic N) is 1. The van der Waals surface area contributed by atoms with Gasteiger partial charge in [-0.2, -0.15) is 0 Å². The first kappa shape index (κ1) is 13.9. The molecule has 0 unspecified atom stereocenters. The zero-order valence-electron chi connectivity index (χ0n) is 8.55. The molecule has 0 aliphatic heterocycles. The molecule has 8 heteroatoms. The summed E-state index contributed by atoms with van der Waals surface area (Å²) in [6, 6.07) is 5.68. The third-order valence-electron chi connectivity index (χ3n) is 1.96. The van der Waals surface area contributed by atoms with E-state index >= 15 is 0 Å². The van der Waals surface area contributed by atoms with Crippen molar-refractivity contribution in [1.82, 2.24) is 9.97 Å². The average molecular weight is 480 g/mol. The highest BCUT2D eigenvalue weighted by Crippen LogP contribution is 2.27. The Balaban J connectivity index is 2.32. The number of rotatable bonds is 2. The molecule has 3 nitrogen and oxygen atoms in total. The Morgan fingerprint density at radius 3 is 2.50 bits per heavy atom. The van der Waals surface area contributed by atoms with Crippen LogP contribution in [0.4, 0.5) is 13.2 Å². The van der Waals surface area contributed by atoms with Crippen LogP contribution in [0, 0.1) is 7.40 Å². The van der Waals surface area contributed by atoms with E-state index in [4.69, 9.17) is 0 Å². The lowest BCUT2D eigenvalue weighted by atomic mass is 10.2. The molecule has 0 spiro atoms. The van der Waals surface area contributed by atoms with E-state index in [1.54, 1.807) is 6.07 Å². The molecule has 1 heterocycles. The van der Waals surface area contributed by atoms with Crippen molar-refractivity contribution in [2.24, 2.45) is 0 Å². The van der Waals surface area contributed by atoms with E-state index in [0.717, 1.165) is 7.40 Å². The lowest BCUT2D eigenvalue weighted by Crippen LogP contribution is -2.17. The number of aromatic nitrogens is 2. The fraction of sp³-hybridized carbons (Fsp3) is 0.100. The van der Waals surface area contributed by atoms with Crippen LogP contribution in [0.15, 0.2) is 24.3 Å². The molecule has 0 saturated heterocycles. The van der Waals surface area contributed by atoms with Crippen molar-refractivity contribution in [3.8, 4) is 17.1 Å². The van der Waals surface area contributed by atoms with Gasteiger partial charge in [0, 0.05) is 5.56 Å². The maximum absolute atomic E-state index is 12.1. The molecule has 1 aromatic heterocycles. The Hall–Kier alpha value is -0.520. The zero-order chi connectivity index (χ0) is 13.3. The van der Waals surface area contributed by atoms with E-state index in [0.29, 0.717) is 11.4 Å². The molecule has 0 atom stereocenters. The summed E-state index contributed by atoms with van der Waals surface area (Å²) in [6.45, 7) is 0. The van der Waals surface area contributed by atoms with Gasteiger partial charge in [0.25, 0.3) is 0 Å². The second-order valence-electron chi connectivity index (χ2n) is 3.27. The van der Waals surface area contributed by atoms with Gasteiger partial charge in [-0.1, -0.05) is 12.1 Å². The van der Waals surface area contributed by atoms with Crippen LogP contribution in [0.5, 0.6) is 5.75 Å². The number of alkyl halides is 3. The minimum atomic E-state index is -4.69. The number of hydrogen-bond donors (Lipinski definition) is 1. The highest BCUT2D eigenvalue weighted by molar-refractivity contribution is 14.1. The molecule has 2 rings (SSSR count). The van der Waals surface area contributed by atoms with Crippen LogP contribution in [0.3, 0.4) is 0 Å². The van der Waals surface area contributed by atoms with Crippen LogP contribution in [-0.4, -0.2) is 16.3 Å². The molecule has 96 valence electrons. The molecule has 0 saturated carbocycles. The van der Waals surface area contributed by atoms with E-state index in [-0.39, 0.29) is 5.75 Å². The van der Waals surface area contributed by atoms with Gasteiger partial charge in [-0.25, -0.2) is 4.98 Å². The lowest BCUT2D eigenvalue weighted by Gasteiger charge is -2.09. The first-order valence-electron chi connectivity index (χ1n) is 4.62. The smallest absolute Gasteiger partial charge is 0.406 e. The van der Waals surface area contributed by atoms with Crippen molar-refractivity contribution in [3.05, 3.63) is 31.7 Å². The summed E-state index contributed by atoms with van der Waals surface area (Å²) in [5, 5.41) is 0. The van der Waals surface area contributed by atoms with Gasteiger partial charge in [-0.3, -0.25) is 0 Å². The second kappa shape index (κ2) is 5.23. The topological polar surface area (TPSA) is 37.9 Å². The van der Waals surface area contributed by atoms with Gasteiger partial charge >= 0.3 is 6.36 Å². The molecule has 0 fully saturated rings. The van der Waals surface area contributed by atoms with Crippen LogP contribution in [0.1, 0.15) is 0 Å². The monoisotopic (exact) mass is 480 g/mol. The van der Waals surface area contributed by atoms with Crippen molar-refractivity contribution in [2.45, 2.75) is 6.36 Å². The summed E-state index contributed by atoms with van der Waals surface area (Å²) in [5.41, 5.74) is 0.539. The minimum Gasteiger partial charge on any atom is -0.406 e. The summed E-state index contributed by atoms with van der Waals surface area (Å²) in [5.74, 6) is 0.248. The number of aromatic amines is 1. The Labute approximate surface area is 127 Å². The standard InChI is InChI=1S/C10H5F3I2N2O/c11-10(12,13)18-6-3-1-2-5(4-6)9-16-7(14)8(15)17-9/h1-4H,(H,16,17). The Kier molecular flexibility index (Phi) is 4.04. The number of H-pyrrole nitrogens is 1. The number of nitrogens with one attached hydrogen (secondary N) is 1. The van der Waals surface area contributed by atoms with E-state index < -0.39 is 6.36 Å². The third kappa shape index (κ3) is 3.49. The van der Waals surface area contributed by atoms with Crippen molar-refractivity contribution in [1.29, 1.82) is 0 Å². The molecule has 1 N–H and O–H groups in total. The maximum atomic E-state index is 12.1. The number of imidazole rings is 1. The quantitative estimate of drug-likeness (QED) is 0.656. The van der Waals surface area contributed by atoms with E-state index in [1.165, 1.54) is 18.2 Å². The predicted octanol–water partition coefficient (Wildman–Crippen LogP) is 4.18. The molecule has 1 aromatic carbocycles. The molecule has 0 bridgehead atoms. The van der Waals surface area contributed by atoms with E-state index in [9.17, 15) is 13.2 Å². The van der Waals surface area contributed by atoms with Gasteiger partial charge in [0.15, 0.2) is 0 Å². The molecule has 0 amide bonds. The molecule has 2 aromatic rings. The fourth-order valence-corrected chi connectivity index (χ4v) is 2.06. The Morgan fingerprint density at radius 2 is 1.94 bits per heavy atom. The van der Waals surface area contributed by atoms with E-state index in [1.807, 2.05) is 22.6 Å². The van der Waals surface area contributed by atoms with Crippen molar-refractivity contribution < 1.29 is 17.9 Å².